The van der Waals surface area contributed by atoms with Gasteiger partial charge in [-0.3, -0.25) is 0 Å². The van der Waals surface area contributed by atoms with Crippen LogP contribution in [-0.4, -0.2) is 3.26 Å². The van der Waals surface area contributed by atoms with Crippen molar-refractivity contribution in [3.63, 3.8) is 0 Å². The van der Waals surface area contributed by atoms with Crippen LogP contribution in [0, 0.1) is 13.8 Å². The van der Waals surface area contributed by atoms with E-state index >= 15 is 0 Å². The van der Waals surface area contributed by atoms with Gasteiger partial charge in [-0.25, -0.2) is 0 Å². The molecule has 2 aliphatic rings. The Bertz CT molecular complexity index is 2300. The van der Waals surface area contributed by atoms with E-state index < -0.39 is 21.0 Å². The van der Waals surface area contributed by atoms with Crippen molar-refractivity contribution in [2.45, 2.75) is 76.3 Å². The summed E-state index contributed by atoms with van der Waals surface area (Å²) < 4.78 is 3.61. The fraction of sp³-hybridized carbons (Fsp3) is 0.226. The number of rotatable bonds is 6. The summed E-state index contributed by atoms with van der Waals surface area (Å²) in [4.78, 5) is 0. The zero-order valence-corrected chi connectivity index (χ0v) is 39.1. The molecular weight excluding hydrogens is 886 g/mol. The van der Waals surface area contributed by atoms with Crippen molar-refractivity contribution < 1.29 is 45.8 Å². The minimum Gasteiger partial charge on any atom is -1.00 e. The van der Waals surface area contributed by atoms with Crippen LogP contribution < -0.4 is 24.8 Å². The average Bonchev–Trinajstić information content (AvgIpc) is 3.80. The predicted molar refractivity (Wildman–Crippen MR) is 229 cm³/mol. The van der Waals surface area contributed by atoms with Crippen LogP contribution in [-0.2, 0) is 31.8 Å². The van der Waals surface area contributed by atoms with Crippen LogP contribution in [0.3, 0.4) is 0 Å². The first-order valence-corrected chi connectivity index (χ1v) is 25.3. The third-order valence-corrected chi connectivity index (χ3v) is 23.6. The molecule has 0 saturated heterocycles. The maximum atomic E-state index is 2.64. The summed E-state index contributed by atoms with van der Waals surface area (Å²) in [6.07, 6.45) is 8.27. The molecule has 6 aromatic carbocycles. The molecule has 0 N–H and O–H groups in total. The average molecular weight is 938 g/mol. The van der Waals surface area contributed by atoms with Crippen LogP contribution in [0.2, 0.25) is 0 Å². The Labute approximate surface area is 355 Å². The second-order valence-corrected chi connectivity index (χ2v) is 26.6. The molecular formula is C53H52Cl2Hf. The molecule has 0 nitrogen and oxygen atoms in total. The molecule has 0 amide bonds. The van der Waals surface area contributed by atoms with Crippen molar-refractivity contribution in [3.8, 4) is 33.4 Å². The van der Waals surface area contributed by atoms with E-state index in [1.165, 1.54) is 77.9 Å². The molecule has 0 unspecified atom stereocenters. The van der Waals surface area contributed by atoms with Gasteiger partial charge >= 0.3 is 333 Å². The summed E-state index contributed by atoms with van der Waals surface area (Å²) in [5.74, 6) is 0. The van der Waals surface area contributed by atoms with Crippen LogP contribution in [0.15, 0.2) is 155 Å². The molecule has 0 aromatic heterocycles. The molecule has 0 spiro atoms. The second-order valence-electron chi connectivity index (χ2n) is 17.5. The van der Waals surface area contributed by atoms with Crippen LogP contribution in [0.5, 0.6) is 0 Å². The first-order chi connectivity index (χ1) is 25.9. The van der Waals surface area contributed by atoms with E-state index in [0.717, 1.165) is 6.42 Å². The number of fused-ring (bicyclic) bond motifs is 3. The molecule has 0 saturated carbocycles. The van der Waals surface area contributed by atoms with Gasteiger partial charge in [0.05, 0.1) is 0 Å². The maximum Gasteiger partial charge on any atom is -1.00 e. The molecule has 2 aliphatic carbocycles. The van der Waals surface area contributed by atoms with Crippen molar-refractivity contribution >= 4 is 3.26 Å². The largest absolute Gasteiger partial charge is 1.00 e. The van der Waals surface area contributed by atoms with Gasteiger partial charge in [0.2, 0.25) is 0 Å². The van der Waals surface area contributed by atoms with E-state index in [1.807, 2.05) is 0 Å². The van der Waals surface area contributed by atoms with E-state index in [2.05, 4.69) is 207 Å². The Morgan fingerprint density at radius 1 is 0.518 bits per heavy atom. The summed E-state index contributed by atoms with van der Waals surface area (Å²) in [5, 5.41) is 0. The summed E-state index contributed by atoms with van der Waals surface area (Å²) >= 11 is -3.19. The topological polar surface area (TPSA) is 0 Å². The molecule has 0 radical (unpaired) electrons. The van der Waals surface area contributed by atoms with Crippen molar-refractivity contribution in [2.75, 3.05) is 0 Å². The van der Waals surface area contributed by atoms with Gasteiger partial charge in [0.15, 0.2) is 0 Å². The standard InChI is InChI=1S/C33H33.C15H14.C5H5.2ClH.Hf/c1-32(2,3)30-20-26-24(18-28(30)22-13-9-7-10-14-22)17-25-19-29(23-15-11-8-12-16-23)31(21-27(25)26)33(4,5)6;1-12-3-7-14(8-4-12)11-15-9-5-13(2)6-10-15;1-2-4-5-3-1;;;/h7-21H,1-6H3;3-10H,1-2H3;1-3H,4H2;2*1H;/q;;;;;+2/p-2. The third-order valence-electron chi connectivity index (χ3n) is 11.4. The molecule has 0 aliphatic heterocycles. The normalized spacial score (nSPS) is 13.2. The van der Waals surface area contributed by atoms with Gasteiger partial charge in [0, 0.05) is 0 Å². The number of halogens is 2. The summed E-state index contributed by atoms with van der Waals surface area (Å²) in [6.45, 7) is 18.7. The van der Waals surface area contributed by atoms with Crippen molar-refractivity contribution in [1.82, 2.24) is 0 Å². The van der Waals surface area contributed by atoms with Gasteiger partial charge in [0.1, 0.15) is 0 Å². The van der Waals surface area contributed by atoms with E-state index in [1.54, 1.807) is 6.58 Å². The Balaban J connectivity index is 0.00000266. The van der Waals surface area contributed by atoms with Crippen LogP contribution in [0.25, 0.3) is 33.4 Å². The number of allylic oxidation sites excluding steroid dienone is 4. The third kappa shape index (κ3) is 7.98. The molecule has 0 atom stereocenters. The van der Waals surface area contributed by atoms with Gasteiger partial charge < -0.3 is 24.8 Å². The van der Waals surface area contributed by atoms with Crippen molar-refractivity contribution in [3.05, 3.63) is 200 Å². The number of hydrogen-bond acceptors (Lipinski definition) is 0. The first-order valence-electron chi connectivity index (χ1n) is 19.6. The van der Waals surface area contributed by atoms with Gasteiger partial charge in [-0.1, -0.05) is 0 Å². The summed E-state index contributed by atoms with van der Waals surface area (Å²) in [6, 6.07) is 51.7. The number of aryl methyl sites for hydroxylation is 2. The minimum absolute atomic E-state index is 0. The second kappa shape index (κ2) is 16.5. The van der Waals surface area contributed by atoms with E-state index in [-0.39, 0.29) is 35.6 Å². The number of hydrogen-bond donors (Lipinski definition) is 0. The SMILES string of the molecule is Cc1ccc([C](c2ccc(C)cc2)=[Hf+2]([C]2=CC=CC2)[CH]2c3cc(-c4ccccc4)c(C(C)(C)C)cc3-c3cc(C(C)(C)C)c(-c4ccccc4)cc32)cc1.[Cl-].[Cl-]. The zero-order chi connectivity index (χ0) is 37.8. The fourth-order valence-electron chi connectivity index (χ4n) is 8.67. The van der Waals surface area contributed by atoms with Gasteiger partial charge in [0.25, 0.3) is 0 Å². The van der Waals surface area contributed by atoms with Crippen LogP contribution in [0.1, 0.15) is 96.1 Å². The van der Waals surface area contributed by atoms with Gasteiger partial charge in [-0.05, 0) is 0 Å². The van der Waals surface area contributed by atoms with Gasteiger partial charge in [-0.15, -0.1) is 0 Å². The predicted octanol–water partition coefficient (Wildman–Crippen LogP) is 8.04. The first kappa shape index (κ1) is 41.7. The number of benzene rings is 6. The minimum atomic E-state index is -3.19. The van der Waals surface area contributed by atoms with E-state index in [9.17, 15) is 0 Å². The van der Waals surface area contributed by atoms with Crippen molar-refractivity contribution in [1.29, 1.82) is 0 Å². The molecule has 8 rings (SSSR count). The maximum absolute atomic E-state index is 3.19. The molecule has 6 aromatic rings. The molecule has 282 valence electrons. The summed E-state index contributed by atoms with van der Waals surface area (Å²) in [5.41, 5.74) is 19.4. The monoisotopic (exact) mass is 938 g/mol. The van der Waals surface area contributed by atoms with Crippen LogP contribution in [0.4, 0.5) is 0 Å². The summed E-state index contributed by atoms with van der Waals surface area (Å²) in [7, 11) is 0. The Morgan fingerprint density at radius 3 is 1.29 bits per heavy atom. The smallest absolute Gasteiger partial charge is 1.00 e. The Morgan fingerprint density at radius 2 is 0.929 bits per heavy atom. The quantitative estimate of drug-likeness (QED) is 0.149. The molecule has 0 fully saturated rings. The Hall–Kier alpha value is -3.88. The molecule has 0 heterocycles. The van der Waals surface area contributed by atoms with E-state index in [0.29, 0.717) is 3.67 Å². The van der Waals surface area contributed by atoms with Crippen LogP contribution >= 0.6 is 0 Å². The van der Waals surface area contributed by atoms with E-state index in [4.69, 9.17) is 0 Å². The zero-order valence-electron chi connectivity index (χ0n) is 34.0. The Kier molecular flexibility index (Phi) is 12.3. The fourth-order valence-corrected chi connectivity index (χ4v) is 21.8. The van der Waals surface area contributed by atoms with Gasteiger partial charge in [-0.2, -0.15) is 0 Å². The molecule has 56 heavy (non-hydrogen) atoms. The molecule has 3 heteroatoms. The molecule has 0 bridgehead atoms. The van der Waals surface area contributed by atoms with Crippen molar-refractivity contribution in [2.24, 2.45) is 0 Å².